The second-order valence-electron chi connectivity index (χ2n) is 20.2. The third-order valence-electron chi connectivity index (χ3n) is 14.4. The Balaban J connectivity index is 0.981. The highest BCUT2D eigenvalue weighted by atomic mass is 32.2. The van der Waals surface area contributed by atoms with E-state index in [9.17, 15) is 38.4 Å². The van der Waals surface area contributed by atoms with Crippen LogP contribution in [0.15, 0.2) is 104 Å². The van der Waals surface area contributed by atoms with Crippen molar-refractivity contribution in [3.05, 3.63) is 126 Å². The molecule has 9 amide bonds. The van der Waals surface area contributed by atoms with Gasteiger partial charge >= 0.3 is 6.03 Å². The number of aromatic amines is 3. The summed E-state index contributed by atoms with van der Waals surface area (Å²) in [6.45, 7) is 1.84. The van der Waals surface area contributed by atoms with Gasteiger partial charge in [-0.15, -0.1) is 0 Å². The number of carbonyl (C=O) groups excluding carboxylic acids is 8. The van der Waals surface area contributed by atoms with E-state index in [2.05, 4.69) is 62.5 Å². The summed E-state index contributed by atoms with van der Waals surface area (Å²) in [6, 6.07) is 16.7. The summed E-state index contributed by atoms with van der Waals surface area (Å²) in [6.07, 6.45) is 10.1. The number of benzene rings is 3. The Morgan fingerprint density at radius 2 is 1.20 bits per heavy atom. The molecule has 9 atom stereocenters. The molecular formula is C56H70N14O8S. The standard InChI is InChI=1S/C56H70N14O8S/c1-32(51(73)66-44(25-35-28-61-40-18-8-6-16-38(35)40)54(76)67-42(23-33-13-3-2-4-14-33)53(75)65-41(50(58)72)19-11-12-22-57)63-52(74)43(24-34-27-60-39-17-7-5-15-37(34)39)68-55(77)45(26-36-29-59-31-62-36)64-48(71)21-10-9-20-47-49-46(30-79-47)69-56(78)70-49/h2-8,13-18,27-29,31-32,41-47,49,60-61H,9-12,19-26,30,57H2,1H3,(H2,58,72)(H,59,62)(H,63,74)(H,64,71)(H,65,75)(H,66,73)(H,67,76)(H,68,77)(H2,69,70,78)/t32?,41?,42?,43?,44?,45?,46-,47-,49-/m0/s1. The molecular weight excluding hydrogens is 1030 g/mol. The minimum Gasteiger partial charge on any atom is -0.368 e. The number of hydrogen-bond acceptors (Lipinski definition) is 11. The van der Waals surface area contributed by atoms with E-state index in [1.165, 1.54) is 13.3 Å². The zero-order valence-electron chi connectivity index (χ0n) is 44.0. The highest BCUT2D eigenvalue weighted by Gasteiger charge is 2.42. The van der Waals surface area contributed by atoms with Gasteiger partial charge < -0.3 is 69.0 Å². The summed E-state index contributed by atoms with van der Waals surface area (Å²) in [5.41, 5.74) is 15.6. The lowest BCUT2D eigenvalue weighted by Crippen LogP contribution is -2.60. The molecule has 15 N–H and O–H groups in total. The van der Waals surface area contributed by atoms with Crippen LogP contribution >= 0.6 is 11.8 Å². The van der Waals surface area contributed by atoms with Crippen molar-refractivity contribution in [1.82, 2.24) is 62.5 Å². The first-order valence-corrected chi connectivity index (χ1v) is 27.9. The summed E-state index contributed by atoms with van der Waals surface area (Å²) in [5.74, 6) is -3.77. The third-order valence-corrected chi connectivity index (χ3v) is 16.0. The number of hydrogen-bond donors (Lipinski definition) is 13. The van der Waals surface area contributed by atoms with Gasteiger partial charge in [0.2, 0.25) is 41.4 Å². The first-order chi connectivity index (χ1) is 38.2. The van der Waals surface area contributed by atoms with Crippen LogP contribution in [0.2, 0.25) is 0 Å². The minimum atomic E-state index is -1.30. The number of urea groups is 1. The maximum atomic E-state index is 14.7. The van der Waals surface area contributed by atoms with E-state index in [4.69, 9.17) is 11.5 Å². The second-order valence-corrected chi connectivity index (χ2v) is 21.5. The summed E-state index contributed by atoms with van der Waals surface area (Å²) in [4.78, 5) is 124. The van der Waals surface area contributed by atoms with Gasteiger partial charge in [-0.1, -0.05) is 73.2 Å². The predicted molar refractivity (Wildman–Crippen MR) is 300 cm³/mol. The van der Waals surface area contributed by atoms with Crippen molar-refractivity contribution in [2.45, 2.75) is 131 Å². The molecule has 0 bridgehead atoms. The molecule has 0 spiro atoms. The molecule has 0 aliphatic carbocycles. The summed E-state index contributed by atoms with van der Waals surface area (Å²) in [5, 5.41) is 24.7. The number of thioether (sulfide) groups is 1. The van der Waals surface area contributed by atoms with Crippen LogP contribution in [-0.2, 0) is 59.2 Å². The zero-order chi connectivity index (χ0) is 55.8. The van der Waals surface area contributed by atoms with Crippen LogP contribution < -0.4 is 54.0 Å². The van der Waals surface area contributed by atoms with Crippen molar-refractivity contribution < 1.29 is 38.4 Å². The second kappa shape index (κ2) is 27.4. The van der Waals surface area contributed by atoms with Crippen molar-refractivity contribution in [3.63, 3.8) is 0 Å². The summed E-state index contributed by atoms with van der Waals surface area (Å²) >= 11 is 1.80. The first kappa shape index (κ1) is 57.0. The first-order valence-electron chi connectivity index (χ1n) is 26.8. The fraction of sp³-hybridized carbons (Fsp3) is 0.411. The van der Waals surface area contributed by atoms with E-state index in [1.807, 2.05) is 54.6 Å². The van der Waals surface area contributed by atoms with Gasteiger partial charge in [0, 0.05) is 89.2 Å². The molecule has 2 aliphatic heterocycles. The van der Waals surface area contributed by atoms with E-state index in [-0.39, 0.29) is 67.8 Å². The lowest BCUT2D eigenvalue weighted by Gasteiger charge is -2.27. The van der Waals surface area contributed by atoms with E-state index in [0.29, 0.717) is 48.2 Å². The molecule has 2 fully saturated rings. The normalized spacial score (nSPS) is 17.9. The lowest BCUT2D eigenvalue weighted by atomic mass is 10.0. The van der Waals surface area contributed by atoms with E-state index in [0.717, 1.165) is 40.4 Å². The average molecular weight is 1100 g/mol. The number of amides is 9. The van der Waals surface area contributed by atoms with Crippen LogP contribution in [0.1, 0.15) is 74.3 Å². The van der Waals surface area contributed by atoms with E-state index in [1.54, 1.807) is 54.6 Å². The Morgan fingerprint density at radius 3 is 1.81 bits per heavy atom. The number of H-pyrrole nitrogens is 3. The maximum Gasteiger partial charge on any atom is 0.315 e. The quantitative estimate of drug-likeness (QED) is 0.0238. The SMILES string of the molecule is CC(NC(=O)C(Cc1c[nH]c2ccccc12)NC(=O)C(Cc1cnc[nH]1)NC(=O)CCCC[C@@H]1SC[C@@H]2NC(=O)N[C@@H]21)C(=O)NC(Cc1c[nH]c2ccccc12)C(=O)NC(Cc1ccccc1)C(=O)NC(CCCCN)C(N)=O. The molecule has 3 aromatic carbocycles. The van der Waals surface area contributed by atoms with Gasteiger partial charge in [0.15, 0.2) is 0 Å². The minimum absolute atomic E-state index is 0.0161. The predicted octanol–water partition coefficient (Wildman–Crippen LogP) is 1.91. The summed E-state index contributed by atoms with van der Waals surface area (Å²) < 4.78 is 0. The van der Waals surface area contributed by atoms with Crippen LogP contribution in [0, 0.1) is 0 Å². The van der Waals surface area contributed by atoms with Crippen molar-refractivity contribution in [2.75, 3.05) is 12.3 Å². The molecule has 2 aliphatic rings. The van der Waals surface area contributed by atoms with Gasteiger partial charge in [0.25, 0.3) is 0 Å². The Kier molecular flexibility index (Phi) is 19.8. The van der Waals surface area contributed by atoms with Crippen LogP contribution in [-0.4, -0.2) is 133 Å². The van der Waals surface area contributed by atoms with Gasteiger partial charge in [-0.2, -0.15) is 11.8 Å². The Morgan fingerprint density at radius 1 is 0.633 bits per heavy atom. The molecule has 6 aromatic rings. The highest BCUT2D eigenvalue weighted by Crippen LogP contribution is 2.33. The van der Waals surface area contributed by atoms with Gasteiger partial charge in [-0.05, 0) is 74.4 Å². The molecule has 23 heteroatoms. The number of carbonyl (C=O) groups is 8. The van der Waals surface area contributed by atoms with Gasteiger partial charge in [-0.25, -0.2) is 9.78 Å². The van der Waals surface area contributed by atoms with Crippen molar-refractivity contribution >= 4 is 80.9 Å². The number of para-hydroxylation sites is 2. The Labute approximate surface area is 461 Å². The number of nitrogens with zero attached hydrogens (tertiary/aromatic N) is 1. The van der Waals surface area contributed by atoms with Crippen molar-refractivity contribution in [2.24, 2.45) is 11.5 Å². The largest absolute Gasteiger partial charge is 0.368 e. The fourth-order valence-electron chi connectivity index (χ4n) is 10.2. The number of unbranched alkanes of at least 4 members (excludes halogenated alkanes) is 2. The molecule has 79 heavy (non-hydrogen) atoms. The topological polar surface area (TPSA) is 345 Å². The molecule has 2 saturated heterocycles. The maximum absolute atomic E-state index is 14.7. The molecule has 5 heterocycles. The smallest absolute Gasteiger partial charge is 0.315 e. The molecule has 418 valence electrons. The number of aromatic nitrogens is 4. The van der Waals surface area contributed by atoms with Crippen LogP contribution in [0.5, 0.6) is 0 Å². The molecule has 6 unspecified atom stereocenters. The molecule has 0 radical (unpaired) electrons. The number of rotatable bonds is 29. The monoisotopic (exact) mass is 1100 g/mol. The molecule has 0 saturated carbocycles. The Bertz CT molecular complexity index is 3080. The molecule has 22 nitrogen and oxygen atoms in total. The van der Waals surface area contributed by atoms with Crippen LogP contribution in [0.25, 0.3) is 21.8 Å². The lowest BCUT2D eigenvalue weighted by molar-refractivity contribution is -0.135. The number of primary amides is 1. The Hall–Kier alpha value is -8.18. The number of imidazole rings is 1. The number of nitrogens with two attached hydrogens (primary N) is 2. The van der Waals surface area contributed by atoms with Gasteiger partial charge in [-0.3, -0.25) is 33.6 Å². The number of fused-ring (bicyclic) bond motifs is 3. The average Bonchev–Trinajstić information content (AvgIpc) is 4.35. The van der Waals surface area contributed by atoms with Crippen molar-refractivity contribution in [1.29, 1.82) is 0 Å². The number of nitrogens with one attached hydrogen (secondary N) is 11. The van der Waals surface area contributed by atoms with Gasteiger partial charge in [0.1, 0.15) is 36.3 Å². The zero-order valence-corrected chi connectivity index (χ0v) is 44.8. The summed E-state index contributed by atoms with van der Waals surface area (Å²) in [7, 11) is 0. The third kappa shape index (κ3) is 15.5. The van der Waals surface area contributed by atoms with Crippen LogP contribution in [0.3, 0.4) is 0 Å². The molecule has 3 aromatic heterocycles. The van der Waals surface area contributed by atoms with Crippen LogP contribution in [0.4, 0.5) is 4.79 Å². The molecule has 8 rings (SSSR count). The van der Waals surface area contributed by atoms with Crippen molar-refractivity contribution in [3.8, 4) is 0 Å². The van der Waals surface area contributed by atoms with E-state index < -0.39 is 71.7 Å². The van der Waals surface area contributed by atoms with Gasteiger partial charge in [0.05, 0.1) is 18.4 Å². The fourth-order valence-corrected chi connectivity index (χ4v) is 11.7. The van der Waals surface area contributed by atoms with E-state index >= 15 is 0 Å². The highest BCUT2D eigenvalue weighted by molar-refractivity contribution is 8.00.